The van der Waals surface area contributed by atoms with E-state index in [2.05, 4.69) is 35.2 Å². The first-order valence-electron chi connectivity index (χ1n) is 9.98. The summed E-state index contributed by atoms with van der Waals surface area (Å²) in [5, 5.41) is 3.66. The summed E-state index contributed by atoms with van der Waals surface area (Å²) in [6.07, 6.45) is 15.1. The molecule has 1 aromatic rings. The van der Waals surface area contributed by atoms with Gasteiger partial charge < -0.3 is 5.32 Å². The van der Waals surface area contributed by atoms with Crippen LogP contribution in [0.3, 0.4) is 0 Å². The summed E-state index contributed by atoms with van der Waals surface area (Å²) in [4.78, 5) is 20.8. The van der Waals surface area contributed by atoms with Crippen molar-refractivity contribution in [3.8, 4) is 0 Å². The van der Waals surface area contributed by atoms with Gasteiger partial charge in [0.05, 0.1) is 11.9 Å². The van der Waals surface area contributed by atoms with E-state index in [1.807, 2.05) is 12.3 Å². The molecule has 4 aliphatic rings. The molecule has 0 radical (unpaired) electrons. The van der Waals surface area contributed by atoms with Crippen molar-refractivity contribution in [1.82, 2.24) is 15.3 Å². The molecule has 4 nitrogen and oxygen atoms in total. The van der Waals surface area contributed by atoms with Crippen LogP contribution in [0.15, 0.2) is 36.4 Å². The quantitative estimate of drug-likeness (QED) is 0.838. The van der Waals surface area contributed by atoms with Crippen LogP contribution in [0.4, 0.5) is 0 Å². The van der Waals surface area contributed by atoms with Crippen LogP contribution in [0.2, 0.25) is 0 Å². The molecule has 1 saturated carbocycles. The second-order valence-corrected chi connectivity index (χ2v) is 9.10. The van der Waals surface area contributed by atoms with Crippen LogP contribution in [0.5, 0.6) is 0 Å². The van der Waals surface area contributed by atoms with Crippen molar-refractivity contribution in [3.63, 3.8) is 0 Å². The van der Waals surface area contributed by atoms with Crippen molar-refractivity contribution in [1.29, 1.82) is 0 Å². The Morgan fingerprint density at radius 3 is 2.85 bits per heavy atom. The summed E-state index contributed by atoms with van der Waals surface area (Å²) < 4.78 is 0. The highest BCUT2D eigenvalue weighted by atomic mass is 16.1. The monoisotopic (exact) mass is 349 g/mol. The Bertz CT molecular complexity index is 814. The topological polar surface area (TPSA) is 54.9 Å². The van der Waals surface area contributed by atoms with Gasteiger partial charge in [-0.15, -0.1) is 0 Å². The standard InChI is InChI=1S/C22H27N3O/c1-21-8-6-17-15(12-25-20-11-14(26)5-7-22(17,20)2)16(21)3-4-18(21)19-13-23-9-10-24-19/h4,9-11,13,15-17,25H,3,5-8,12H2,1-2H3/t15-,16-,17-,21-,22+/m0/s1. The lowest BCUT2D eigenvalue weighted by Crippen LogP contribution is -2.56. The molecule has 0 unspecified atom stereocenters. The zero-order chi connectivity index (χ0) is 17.9. The van der Waals surface area contributed by atoms with Gasteiger partial charge in [0, 0.05) is 42.5 Å². The highest BCUT2D eigenvalue weighted by molar-refractivity contribution is 5.91. The van der Waals surface area contributed by atoms with Gasteiger partial charge in [0.15, 0.2) is 5.78 Å². The summed E-state index contributed by atoms with van der Waals surface area (Å²) in [6.45, 7) is 5.84. The number of hydrogen-bond donors (Lipinski definition) is 1. The zero-order valence-electron chi connectivity index (χ0n) is 15.7. The minimum Gasteiger partial charge on any atom is -0.387 e. The van der Waals surface area contributed by atoms with Crippen LogP contribution in [-0.4, -0.2) is 22.3 Å². The number of nitrogens with one attached hydrogen (secondary N) is 1. The number of fused-ring (bicyclic) bond motifs is 5. The molecule has 0 spiro atoms. The lowest BCUT2D eigenvalue weighted by atomic mass is 9.50. The third kappa shape index (κ3) is 2.11. The predicted octanol–water partition coefficient (Wildman–Crippen LogP) is 3.77. The van der Waals surface area contributed by atoms with Crippen LogP contribution in [0, 0.1) is 28.6 Å². The van der Waals surface area contributed by atoms with Gasteiger partial charge in [-0.1, -0.05) is 19.9 Å². The lowest BCUT2D eigenvalue weighted by molar-refractivity contribution is -0.117. The molecular formula is C22H27N3O. The van der Waals surface area contributed by atoms with Gasteiger partial charge >= 0.3 is 0 Å². The molecule has 1 N–H and O–H groups in total. The smallest absolute Gasteiger partial charge is 0.157 e. The van der Waals surface area contributed by atoms with E-state index < -0.39 is 0 Å². The van der Waals surface area contributed by atoms with E-state index >= 15 is 0 Å². The number of carbonyl (C=O) groups excluding carboxylic acids is 1. The van der Waals surface area contributed by atoms with Crippen molar-refractivity contribution in [2.75, 3.05) is 6.54 Å². The maximum absolute atomic E-state index is 11.9. The maximum Gasteiger partial charge on any atom is 0.157 e. The van der Waals surface area contributed by atoms with E-state index in [1.54, 1.807) is 12.4 Å². The van der Waals surface area contributed by atoms with Crippen molar-refractivity contribution in [2.24, 2.45) is 28.6 Å². The van der Waals surface area contributed by atoms with E-state index in [4.69, 9.17) is 0 Å². The van der Waals surface area contributed by atoms with Gasteiger partial charge in [0.25, 0.3) is 0 Å². The van der Waals surface area contributed by atoms with Gasteiger partial charge in [0.1, 0.15) is 0 Å². The van der Waals surface area contributed by atoms with E-state index in [1.165, 1.54) is 24.1 Å². The Hall–Kier alpha value is -1.97. The van der Waals surface area contributed by atoms with E-state index in [0.29, 0.717) is 24.2 Å². The molecule has 1 aromatic heterocycles. The second-order valence-electron chi connectivity index (χ2n) is 9.10. The predicted molar refractivity (Wildman–Crippen MR) is 101 cm³/mol. The van der Waals surface area contributed by atoms with Crippen LogP contribution >= 0.6 is 0 Å². The third-order valence-electron chi connectivity index (χ3n) is 8.01. The molecule has 5 rings (SSSR count). The van der Waals surface area contributed by atoms with Crippen LogP contribution in [-0.2, 0) is 4.79 Å². The van der Waals surface area contributed by atoms with Gasteiger partial charge in [-0.2, -0.15) is 0 Å². The molecule has 0 aromatic carbocycles. The molecule has 136 valence electrons. The molecular weight excluding hydrogens is 322 g/mol. The fourth-order valence-electron chi connectivity index (χ4n) is 6.55. The average molecular weight is 349 g/mol. The summed E-state index contributed by atoms with van der Waals surface area (Å²) >= 11 is 0. The van der Waals surface area contributed by atoms with Gasteiger partial charge in [-0.3, -0.25) is 14.8 Å². The van der Waals surface area contributed by atoms with Gasteiger partial charge in [-0.25, -0.2) is 0 Å². The van der Waals surface area contributed by atoms with Crippen LogP contribution < -0.4 is 5.32 Å². The molecule has 3 aliphatic carbocycles. The van der Waals surface area contributed by atoms with Crippen molar-refractivity contribution < 1.29 is 4.79 Å². The minimum absolute atomic E-state index is 0.146. The molecule has 1 saturated heterocycles. The third-order valence-corrected chi connectivity index (χ3v) is 8.01. The number of hydrogen-bond acceptors (Lipinski definition) is 4. The number of ketones is 1. The van der Waals surface area contributed by atoms with Crippen molar-refractivity contribution in [2.45, 2.75) is 46.0 Å². The first-order chi connectivity index (χ1) is 12.5. The number of nitrogens with zero attached hydrogens (tertiary/aromatic N) is 2. The first kappa shape index (κ1) is 16.2. The number of aromatic nitrogens is 2. The molecule has 5 atom stereocenters. The normalized spacial score (nSPS) is 41.3. The van der Waals surface area contributed by atoms with Gasteiger partial charge in [-0.05, 0) is 54.4 Å². The molecule has 4 heteroatoms. The fraction of sp³-hybridized carbons (Fsp3) is 0.591. The molecule has 2 heterocycles. The number of allylic oxidation sites excluding steroid dienone is 4. The number of piperidine rings is 1. The van der Waals surface area contributed by atoms with Crippen LogP contribution in [0.1, 0.15) is 51.6 Å². The first-order valence-corrected chi connectivity index (χ1v) is 9.98. The zero-order valence-corrected chi connectivity index (χ0v) is 15.7. The summed E-state index contributed by atoms with van der Waals surface area (Å²) in [5.41, 5.74) is 4.00. The van der Waals surface area contributed by atoms with Crippen LogP contribution in [0.25, 0.3) is 5.57 Å². The van der Waals surface area contributed by atoms with Crippen molar-refractivity contribution in [3.05, 3.63) is 42.1 Å². The summed E-state index contributed by atoms with van der Waals surface area (Å²) in [6, 6.07) is 0. The van der Waals surface area contributed by atoms with E-state index in [0.717, 1.165) is 25.1 Å². The average Bonchev–Trinajstić information content (AvgIpc) is 3.00. The van der Waals surface area contributed by atoms with E-state index in [9.17, 15) is 4.79 Å². The number of rotatable bonds is 1. The Labute approximate surface area is 155 Å². The van der Waals surface area contributed by atoms with Crippen molar-refractivity contribution >= 4 is 11.4 Å². The molecule has 0 bridgehead atoms. The molecule has 2 fully saturated rings. The Balaban J connectivity index is 1.48. The summed E-state index contributed by atoms with van der Waals surface area (Å²) in [7, 11) is 0. The SMILES string of the molecule is C[C@]12CCC(=O)C=C1NC[C@@H]1[C@@H]2CC[C@]2(C)C(c3cnccn3)=CC[C@@H]12. The maximum atomic E-state index is 11.9. The second kappa shape index (κ2) is 5.51. The largest absolute Gasteiger partial charge is 0.387 e. The highest BCUT2D eigenvalue weighted by Crippen LogP contribution is 2.64. The Kier molecular flexibility index (Phi) is 3.44. The highest BCUT2D eigenvalue weighted by Gasteiger charge is 2.57. The Morgan fingerprint density at radius 2 is 2.04 bits per heavy atom. The van der Waals surface area contributed by atoms with E-state index in [-0.39, 0.29) is 16.6 Å². The minimum atomic E-state index is 0.146. The fourth-order valence-corrected chi connectivity index (χ4v) is 6.55. The molecule has 0 amide bonds. The number of carbonyl (C=O) groups is 1. The Morgan fingerprint density at radius 1 is 1.15 bits per heavy atom. The van der Waals surface area contributed by atoms with Gasteiger partial charge in [0.2, 0.25) is 0 Å². The lowest BCUT2D eigenvalue weighted by Gasteiger charge is -2.57. The molecule has 1 aliphatic heterocycles. The molecule has 26 heavy (non-hydrogen) atoms. The summed E-state index contributed by atoms with van der Waals surface area (Å²) in [5.74, 6) is 2.28.